The number of carboxylic acids is 1. The number of carbonyl (C=O) groups excluding carboxylic acids is 1. The van der Waals surface area contributed by atoms with Crippen LogP contribution in [0.2, 0.25) is 0 Å². The maximum atomic E-state index is 13.9. The molecule has 0 spiro atoms. The van der Waals surface area contributed by atoms with Gasteiger partial charge in [-0.25, -0.2) is 4.39 Å². The summed E-state index contributed by atoms with van der Waals surface area (Å²) in [7, 11) is 0. The van der Waals surface area contributed by atoms with Crippen LogP contribution < -0.4 is 5.32 Å². The van der Waals surface area contributed by atoms with E-state index >= 15 is 0 Å². The number of amides is 1. The van der Waals surface area contributed by atoms with Gasteiger partial charge >= 0.3 is 5.97 Å². The number of nitrogens with one attached hydrogen (secondary N) is 1. The van der Waals surface area contributed by atoms with Crippen LogP contribution in [-0.2, 0) is 22.4 Å². The molecule has 2 aromatic rings. The van der Waals surface area contributed by atoms with Crippen molar-refractivity contribution in [3.63, 3.8) is 0 Å². The molecule has 0 heterocycles. The molecule has 5 heteroatoms. The topological polar surface area (TPSA) is 66.4 Å². The van der Waals surface area contributed by atoms with Crippen molar-refractivity contribution in [1.82, 2.24) is 0 Å². The highest BCUT2D eigenvalue weighted by Gasteiger charge is 2.28. The predicted molar refractivity (Wildman–Crippen MR) is 90.3 cm³/mol. The fraction of sp³-hybridized carbons (Fsp3) is 0.263. The van der Waals surface area contributed by atoms with E-state index in [1.165, 1.54) is 12.1 Å². The van der Waals surface area contributed by atoms with Gasteiger partial charge in [0.2, 0.25) is 5.91 Å². The van der Waals surface area contributed by atoms with Crippen LogP contribution in [0, 0.1) is 11.2 Å². The molecule has 2 rings (SSSR count). The van der Waals surface area contributed by atoms with E-state index in [1.807, 2.05) is 44.2 Å². The lowest BCUT2D eigenvalue weighted by Gasteiger charge is -2.24. The maximum Gasteiger partial charge on any atom is 0.307 e. The molecule has 0 atom stereocenters. The number of hydrogen-bond acceptors (Lipinski definition) is 2. The average Bonchev–Trinajstić information content (AvgIpc) is 2.50. The molecule has 0 aliphatic carbocycles. The summed E-state index contributed by atoms with van der Waals surface area (Å²) in [6.07, 6.45) is 0.165. The normalized spacial score (nSPS) is 11.1. The Bertz CT molecular complexity index is 742. The van der Waals surface area contributed by atoms with E-state index in [-0.39, 0.29) is 17.9 Å². The van der Waals surface area contributed by atoms with Crippen LogP contribution in [0.3, 0.4) is 0 Å². The van der Waals surface area contributed by atoms with Crippen molar-refractivity contribution in [2.45, 2.75) is 26.7 Å². The first-order valence-corrected chi connectivity index (χ1v) is 7.63. The number of anilines is 1. The van der Waals surface area contributed by atoms with Crippen molar-refractivity contribution in [2.75, 3.05) is 5.32 Å². The molecule has 0 radical (unpaired) electrons. The van der Waals surface area contributed by atoms with E-state index in [0.717, 1.165) is 11.6 Å². The fourth-order valence-electron chi connectivity index (χ4n) is 2.42. The maximum absolute atomic E-state index is 13.9. The van der Waals surface area contributed by atoms with Gasteiger partial charge in [0, 0.05) is 11.1 Å². The number of carbonyl (C=O) groups is 2. The van der Waals surface area contributed by atoms with E-state index in [9.17, 15) is 14.0 Å². The Hall–Kier alpha value is -2.69. The lowest BCUT2D eigenvalue weighted by molar-refractivity contribution is -0.136. The minimum Gasteiger partial charge on any atom is -0.481 e. The Morgan fingerprint density at radius 3 is 2.38 bits per heavy atom. The molecule has 0 saturated heterocycles. The van der Waals surface area contributed by atoms with Crippen LogP contribution in [-0.4, -0.2) is 17.0 Å². The number of benzene rings is 2. The molecule has 0 aliphatic heterocycles. The quantitative estimate of drug-likeness (QED) is 0.850. The third kappa shape index (κ3) is 4.65. The van der Waals surface area contributed by atoms with E-state index in [1.54, 1.807) is 0 Å². The molecular formula is C19H20FNO3. The summed E-state index contributed by atoms with van der Waals surface area (Å²) < 4.78 is 13.9. The van der Waals surface area contributed by atoms with E-state index in [2.05, 4.69) is 5.32 Å². The van der Waals surface area contributed by atoms with E-state index in [4.69, 9.17) is 5.11 Å². The SMILES string of the molecule is CC(C)(Cc1ccccc1)C(=O)Nc1ccc(CC(=O)O)c(F)c1. The second-order valence-electron chi connectivity index (χ2n) is 6.38. The molecule has 0 unspecified atom stereocenters. The lowest BCUT2D eigenvalue weighted by Crippen LogP contribution is -2.32. The van der Waals surface area contributed by atoms with Gasteiger partial charge in [-0.3, -0.25) is 9.59 Å². The molecule has 0 fully saturated rings. The predicted octanol–water partition coefficient (Wildman–Crippen LogP) is 3.66. The molecule has 2 aromatic carbocycles. The van der Waals surface area contributed by atoms with E-state index < -0.39 is 17.2 Å². The zero-order valence-corrected chi connectivity index (χ0v) is 13.7. The summed E-state index contributed by atoms with van der Waals surface area (Å²) in [4.78, 5) is 23.1. The van der Waals surface area contributed by atoms with Crippen LogP contribution in [0.5, 0.6) is 0 Å². The average molecular weight is 329 g/mol. The molecule has 0 aliphatic rings. The van der Waals surface area contributed by atoms with Gasteiger partial charge in [0.05, 0.1) is 6.42 Å². The van der Waals surface area contributed by atoms with Gasteiger partial charge in [-0.05, 0) is 29.7 Å². The molecule has 1 amide bonds. The number of halogens is 1. The molecule has 0 bridgehead atoms. The summed E-state index contributed by atoms with van der Waals surface area (Å²) >= 11 is 0. The number of carboxylic acid groups (broad SMARTS) is 1. The molecular weight excluding hydrogens is 309 g/mol. The largest absolute Gasteiger partial charge is 0.481 e. The van der Waals surface area contributed by atoms with Gasteiger partial charge < -0.3 is 10.4 Å². The minimum absolute atomic E-state index is 0.0871. The van der Waals surface area contributed by atoms with Gasteiger partial charge in [-0.1, -0.05) is 50.2 Å². The zero-order valence-electron chi connectivity index (χ0n) is 13.7. The summed E-state index contributed by atoms with van der Waals surface area (Å²) in [5.74, 6) is -1.97. The number of rotatable bonds is 6. The molecule has 24 heavy (non-hydrogen) atoms. The van der Waals surface area contributed by atoms with Crippen molar-refractivity contribution in [2.24, 2.45) is 5.41 Å². The van der Waals surface area contributed by atoms with Gasteiger partial charge in [0.15, 0.2) is 0 Å². The second kappa shape index (κ2) is 7.25. The first-order valence-electron chi connectivity index (χ1n) is 7.63. The Morgan fingerprint density at radius 1 is 1.12 bits per heavy atom. The van der Waals surface area contributed by atoms with Gasteiger partial charge in [-0.15, -0.1) is 0 Å². The van der Waals surface area contributed by atoms with Gasteiger partial charge in [0.25, 0.3) is 0 Å². The monoisotopic (exact) mass is 329 g/mol. The standard InChI is InChI=1S/C19H20FNO3/c1-19(2,12-13-6-4-3-5-7-13)18(24)21-15-9-8-14(10-17(22)23)16(20)11-15/h3-9,11H,10,12H2,1-2H3,(H,21,24)(H,22,23). The molecule has 4 nitrogen and oxygen atoms in total. The zero-order chi connectivity index (χ0) is 17.7. The molecule has 2 N–H and O–H groups in total. The smallest absolute Gasteiger partial charge is 0.307 e. The molecule has 0 saturated carbocycles. The fourth-order valence-corrected chi connectivity index (χ4v) is 2.42. The first-order chi connectivity index (χ1) is 11.3. The highest BCUT2D eigenvalue weighted by atomic mass is 19.1. The van der Waals surface area contributed by atoms with Crippen LogP contribution >= 0.6 is 0 Å². The summed E-state index contributed by atoms with van der Waals surface area (Å²) in [6, 6.07) is 13.7. The third-order valence-electron chi connectivity index (χ3n) is 3.76. The van der Waals surface area contributed by atoms with Gasteiger partial charge in [0.1, 0.15) is 5.82 Å². The minimum atomic E-state index is -1.10. The first kappa shape index (κ1) is 17.7. The Kier molecular flexibility index (Phi) is 5.34. The van der Waals surface area contributed by atoms with Crippen LogP contribution in [0.1, 0.15) is 25.0 Å². The van der Waals surface area contributed by atoms with Crippen molar-refractivity contribution in [3.8, 4) is 0 Å². The van der Waals surface area contributed by atoms with E-state index in [0.29, 0.717) is 12.1 Å². The van der Waals surface area contributed by atoms with Gasteiger partial charge in [-0.2, -0.15) is 0 Å². The van der Waals surface area contributed by atoms with Crippen molar-refractivity contribution in [1.29, 1.82) is 0 Å². The van der Waals surface area contributed by atoms with Crippen molar-refractivity contribution < 1.29 is 19.1 Å². The Labute approximate surface area is 140 Å². The number of hydrogen-bond donors (Lipinski definition) is 2. The summed E-state index contributed by atoms with van der Waals surface area (Å²) in [6.45, 7) is 3.65. The van der Waals surface area contributed by atoms with Crippen molar-refractivity contribution in [3.05, 3.63) is 65.5 Å². The van der Waals surface area contributed by atoms with Crippen LogP contribution in [0.25, 0.3) is 0 Å². The van der Waals surface area contributed by atoms with Crippen LogP contribution in [0.4, 0.5) is 10.1 Å². The highest BCUT2D eigenvalue weighted by molar-refractivity contribution is 5.95. The summed E-state index contributed by atoms with van der Waals surface area (Å²) in [5, 5.41) is 11.4. The molecule has 0 aromatic heterocycles. The number of aliphatic carboxylic acids is 1. The van der Waals surface area contributed by atoms with Crippen molar-refractivity contribution >= 4 is 17.6 Å². The van der Waals surface area contributed by atoms with Crippen LogP contribution in [0.15, 0.2) is 48.5 Å². The third-order valence-corrected chi connectivity index (χ3v) is 3.76. The second-order valence-corrected chi connectivity index (χ2v) is 6.38. The highest BCUT2D eigenvalue weighted by Crippen LogP contribution is 2.25. The summed E-state index contributed by atoms with van der Waals surface area (Å²) in [5.41, 5.74) is 0.773. The Balaban J connectivity index is 2.08. The molecule has 126 valence electrons. The Morgan fingerprint density at radius 2 is 1.79 bits per heavy atom. The lowest BCUT2D eigenvalue weighted by atomic mass is 9.84.